The lowest BCUT2D eigenvalue weighted by atomic mass is 9.89. The molecule has 5 heteroatoms. The number of Topliss-reactive ketones (excluding diaryl/α,β-unsaturated/α-hetero) is 1. The van der Waals surface area contributed by atoms with E-state index in [2.05, 4.69) is 0 Å². The average molecular weight is 271 g/mol. The van der Waals surface area contributed by atoms with E-state index in [0.717, 1.165) is 15.5 Å². The summed E-state index contributed by atoms with van der Waals surface area (Å²) in [5, 5.41) is 0.764. The van der Waals surface area contributed by atoms with Crippen LogP contribution in [0.5, 0.6) is 0 Å². The summed E-state index contributed by atoms with van der Waals surface area (Å²) in [4.78, 5) is 36.0. The Labute approximate surface area is 114 Å². The van der Waals surface area contributed by atoms with Crippen molar-refractivity contribution in [2.24, 2.45) is 0 Å². The number of ketones is 1. The van der Waals surface area contributed by atoms with Gasteiger partial charge in [-0.25, -0.2) is 9.36 Å². The summed E-state index contributed by atoms with van der Waals surface area (Å²) < 4.78 is 5.74. The van der Waals surface area contributed by atoms with Crippen molar-refractivity contribution in [1.82, 2.24) is 4.57 Å². The predicted octanol–water partition coefficient (Wildman–Crippen LogP) is 1.67. The van der Waals surface area contributed by atoms with Crippen molar-refractivity contribution in [1.29, 1.82) is 0 Å². The highest BCUT2D eigenvalue weighted by Gasteiger charge is 2.25. The van der Waals surface area contributed by atoms with E-state index in [1.165, 1.54) is 7.11 Å². The van der Waals surface area contributed by atoms with Crippen LogP contribution in [0.1, 0.15) is 17.5 Å². The van der Waals surface area contributed by atoms with E-state index in [-0.39, 0.29) is 17.8 Å². The van der Waals surface area contributed by atoms with Gasteiger partial charge in [0.1, 0.15) is 5.78 Å². The van der Waals surface area contributed by atoms with Crippen LogP contribution < -0.4 is 5.56 Å². The molecule has 1 aliphatic rings. The van der Waals surface area contributed by atoms with Crippen molar-refractivity contribution >= 4 is 22.8 Å². The number of benzene rings is 1. The van der Waals surface area contributed by atoms with E-state index in [4.69, 9.17) is 4.74 Å². The maximum atomic E-state index is 12.5. The van der Waals surface area contributed by atoms with E-state index in [1.807, 2.05) is 12.1 Å². The number of hydrogen-bond acceptors (Lipinski definition) is 4. The lowest BCUT2D eigenvalue weighted by molar-refractivity contribution is -0.118. The van der Waals surface area contributed by atoms with Crippen LogP contribution in [0.3, 0.4) is 0 Å². The van der Waals surface area contributed by atoms with E-state index in [1.54, 1.807) is 12.1 Å². The smallest absolute Gasteiger partial charge is 0.421 e. The minimum absolute atomic E-state index is 0.123. The van der Waals surface area contributed by atoms with Crippen LogP contribution in [0.15, 0.2) is 29.1 Å². The molecule has 0 atom stereocenters. The number of methoxy groups -OCH3 is 1. The summed E-state index contributed by atoms with van der Waals surface area (Å²) in [6, 6.07) is 7.09. The van der Waals surface area contributed by atoms with Gasteiger partial charge in [0.05, 0.1) is 12.6 Å². The van der Waals surface area contributed by atoms with Gasteiger partial charge in [-0.15, -0.1) is 0 Å². The summed E-state index contributed by atoms with van der Waals surface area (Å²) in [6.45, 7) is 0. The molecule has 3 rings (SSSR count). The molecule has 0 aliphatic heterocycles. The monoisotopic (exact) mass is 271 g/mol. The molecule has 102 valence electrons. The number of ether oxygens (including phenoxy) is 1. The van der Waals surface area contributed by atoms with Crippen molar-refractivity contribution in [3.8, 4) is 0 Å². The molecule has 0 saturated heterocycles. The predicted molar refractivity (Wildman–Crippen MR) is 73.0 cm³/mol. The third-order valence-corrected chi connectivity index (χ3v) is 3.68. The molecule has 1 aliphatic carbocycles. The molecule has 2 aromatic rings. The number of carbonyl (C=O) groups is 2. The number of carbonyl (C=O) groups excluding carboxylic acids is 2. The van der Waals surface area contributed by atoms with Crippen molar-refractivity contribution in [2.75, 3.05) is 7.11 Å². The molecule has 1 aromatic heterocycles. The van der Waals surface area contributed by atoms with Gasteiger partial charge >= 0.3 is 6.09 Å². The summed E-state index contributed by atoms with van der Waals surface area (Å²) in [5.41, 5.74) is 1.41. The van der Waals surface area contributed by atoms with Gasteiger partial charge in [0, 0.05) is 23.8 Å². The molecule has 5 nitrogen and oxygen atoms in total. The second kappa shape index (κ2) is 4.59. The zero-order valence-corrected chi connectivity index (χ0v) is 11.0. The molecule has 1 heterocycles. The average Bonchev–Trinajstić information content (AvgIpc) is 2.47. The fraction of sp³-hybridized carbons (Fsp3) is 0.267. The van der Waals surface area contributed by atoms with Gasteiger partial charge in [0.15, 0.2) is 0 Å². The number of hydrogen-bond donors (Lipinski definition) is 0. The van der Waals surface area contributed by atoms with E-state index >= 15 is 0 Å². The highest BCUT2D eigenvalue weighted by molar-refractivity contribution is 5.95. The number of fused-ring (bicyclic) bond motifs is 3. The standard InChI is InChI=1S/C15H13NO4/c1-20-15(19)16-13-5-3-2-4-10(13)12-8-9(17)6-7-11(12)14(16)18/h2-5H,6-8H2,1H3. The second-order valence-corrected chi connectivity index (χ2v) is 4.80. The highest BCUT2D eigenvalue weighted by atomic mass is 16.5. The number of nitrogens with zero attached hydrogens (tertiary/aromatic N) is 1. The SMILES string of the molecule is COC(=O)n1c(=O)c2c(c3ccccc31)CC(=O)CC2. The van der Waals surface area contributed by atoms with Crippen LogP contribution in [0.4, 0.5) is 4.79 Å². The lowest BCUT2D eigenvalue weighted by Gasteiger charge is -2.19. The van der Waals surface area contributed by atoms with Crippen molar-refractivity contribution in [3.63, 3.8) is 0 Å². The van der Waals surface area contributed by atoms with Crippen LogP contribution in [0, 0.1) is 0 Å². The summed E-state index contributed by atoms with van der Waals surface area (Å²) in [7, 11) is 1.24. The first-order chi connectivity index (χ1) is 9.63. The highest BCUT2D eigenvalue weighted by Crippen LogP contribution is 2.25. The Morgan fingerprint density at radius 2 is 1.90 bits per heavy atom. The Balaban J connectivity index is 2.45. The first-order valence-electron chi connectivity index (χ1n) is 6.39. The number of para-hydroxylation sites is 1. The molecule has 0 N–H and O–H groups in total. The van der Waals surface area contributed by atoms with Gasteiger partial charge in [-0.1, -0.05) is 18.2 Å². The first kappa shape index (κ1) is 12.6. The fourth-order valence-corrected chi connectivity index (χ4v) is 2.74. The Hall–Kier alpha value is -2.43. The summed E-state index contributed by atoms with van der Waals surface area (Å²) in [6.07, 6.45) is 0.287. The Bertz CT molecular complexity index is 788. The van der Waals surface area contributed by atoms with Crippen LogP contribution in [-0.2, 0) is 22.4 Å². The fourth-order valence-electron chi connectivity index (χ4n) is 2.74. The number of pyridine rings is 1. The van der Waals surface area contributed by atoms with Crippen molar-refractivity contribution in [2.45, 2.75) is 19.3 Å². The normalized spacial score (nSPS) is 14.2. The molecule has 0 radical (unpaired) electrons. The molecular weight excluding hydrogens is 258 g/mol. The maximum absolute atomic E-state index is 12.5. The molecule has 0 spiro atoms. The molecule has 1 aromatic carbocycles. The zero-order chi connectivity index (χ0) is 14.3. The van der Waals surface area contributed by atoms with Gasteiger partial charge < -0.3 is 4.74 Å². The van der Waals surface area contributed by atoms with Gasteiger partial charge in [-0.2, -0.15) is 0 Å². The molecular formula is C15H13NO4. The molecule has 0 saturated carbocycles. The molecule has 0 amide bonds. The van der Waals surface area contributed by atoms with Gasteiger partial charge in [-0.3, -0.25) is 9.59 Å². The maximum Gasteiger partial charge on any atom is 0.421 e. The van der Waals surface area contributed by atoms with Gasteiger partial charge in [-0.05, 0) is 18.1 Å². The Morgan fingerprint density at radius 3 is 2.65 bits per heavy atom. The minimum atomic E-state index is -0.703. The van der Waals surface area contributed by atoms with Crippen molar-refractivity contribution < 1.29 is 14.3 Å². The van der Waals surface area contributed by atoms with E-state index < -0.39 is 6.09 Å². The minimum Gasteiger partial charge on any atom is -0.452 e. The quantitative estimate of drug-likeness (QED) is 0.731. The molecule has 0 unspecified atom stereocenters. The third-order valence-electron chi connectivity index (χ3n) is 3.68. The topological polar surface area (TPSA) is 65.4 Å². The van der Waals surface area contributed by atoms with Crippen LogP contribution in [0.25, 0.3) is 10.9 Å². The zero-order valence-electron chi connectivity index (χ0n) is 11.0. The van der Waals surface area contributed by atoms with Crippen LogP contribution in [0.2, 0.25) is 0 Å². The third kappa shape index (κ3) is 1.74. The Kier molecular flexibility index (Phi) is 2.89. The largest absolute Gasteiger partial charge is 0.452 e. The number of aromatic nitrogens is 1. The lowest BCUT2D eigenvalue weighted by Crippen LogP contribution is -2.33. The van der Waals surface area contributed by atoms with Gasteiger partial charge in [0.2, 0.25) is 0 Å². The van der Waals surface area contributed by atoms with Crippen LogP contribution >= 0.6 is 0 Å². The Morgan fingerprint density at radius 1 is 1.15 bits per heavy atom. The first-order valence-corrected chi connectivity index (χ1v) is 6.39. The summed E-state index contributed by atoms with van der Waals surface area (Å²) in [5.74, 6) is 0.123. The number of rotatable bonds is 0. The van der Waals surface area contributed by atoms with Crippen LogP contribution in [-0.4, -0.2) is 23.6 Å². The summed E-state index contributed by atoms with van der Waals surface area (Å²) >= 11 is 0. The molecule has 0 fully saturated rings. The van der Waals surface area contributed by atoms with Crippen molar-refractivity contribution in [3.05, 3.63) is 45.7 Å². The van der Waals surface area contributed by atoms with E-state index in [9.17, 15) is 14.4 Å². The van der Waals surface area contributed by atoms with Gasteiger partial charge in [0.25, 0.3) is 5.56 Å². The molecule has 20 heavy (non-hydrogen) atoms. The second-order valence-electron chi connectivity index (χ2n) is 4.80. The van der Waals surface area contributed by atoms with E-state index in [0.29, 0.717) is 23.9 Å². The molecule has 0 bridgehead atoms.